The number of halogens is 5. The Hall–Kier alpha value is -3.48. The summed E-state index contributed by atoms with van der Waals surface area (Å²) in [5.74, 6) is -1.27. The number of nitrogen functional groups attached to an aromatic ring is 1. The molecule has 0 amide bonds. The number of rotatable bonds is 7. The van der Waals surface area contributed by atoms with Crippen LogP contribution in [0.25, 0.3) is 32.1 Å². The molecule has 2 aromatic heterocycles. The number of anilines is 2. The maximum absolute atomic E-state index is 16.7. The molecule has 3 N–H and O–H groups in total. The number of thiophene rings is 1. The van der Waals surface area contributed by atoms with E-state index in [4.69, 9.17) is 26.8 Å². The molecule has 4 heterocycles. The van der Waals surface area contributed by atoms with Gasteiger partial charge in [-0.1, -0.05) is 17.7 Å². The molecule has 15 heteroatoms. The number of likely N-dealkylation sites (tertiary alicyclic amines) is 1. The normalized spacial score (nSPS) is 21.1. The molecule has 2 aliphatic heterocycles. The Kier molecular flexibility index (Phi) is 8.18. The zero-order valence-electron chi connectivity index (χ0n) is 23.4. The Morgan fingerprint density at radius 2 is 2.11 bits per heavy atom. The van der Waals surface area contributed by atoms with Crippen LogP contribution in [0.15, 0.2) is 18.2 Å². The molecule has 0 saturated carbocycles. The molecule has 2 atom stereocenters. The minimum absolute atomic E-state index is 0.00114. The number of nitriles is 1. The number of β-amino-alcohol motifs (C(OH)–C–C–N with tert-alkyl or cyclic N) is 1. The van der Waals surface area contributed by atoms with Gasteiger partial charge in [-0.15, -0.1) is 11.3 Å². The molecule has 6 rings (SSSR count). The number of hydrogen-bond donors (Lipinski definition) is 2. The molecule has 2 saturated heterocycles. The van der Waals surface area contributed by atoms with E-state index in [-0.39, 0.29) is 98.5 Å². The summed E-state index contributed by atoms with van der Waals surface area (Å²) in [6.07, 6.45) is -1.85. The molecule has 44 heavy (non-hydrogen) atoms. The fourth-order valence-corrected chi connectivity index (χ4v) is 6.92. The Balaban J connectivity index is 1.51. The van der Waals surface area contributed by atoms with Crippen LogP contribution in [-0.2, 0) is 4.74 Å². The van der Waals surface area contributed by atoms with Gasteiger partial charge in [0.1, 0.15) is 40.4 Å². The summed E-state index contributed by atoms with van der Waals surface area (Å²) in [6, 6.07) is 5.45. The molecule has 0 spiro atoms. The molecule has 2 aliphatic rings. The lowest BCUT2D eigenvalue weighted by atomic mass is 9.97. The predicted octanol–water partition coefficient (Wildman–Crippen LogP) is 5.20. The standard InChI is InChI=1S/C29H27ClF4N6O3S/c1-29(41)12-40(6-7-42-13-29)27-16-8-18(30)22(15-2-3-19(31)25-21(15)17(9-35)26(36)44-25)23(34)24(16)37-28(38-27)43-11-14-4-5-39(14)10-20(32)33/h2-3,8,14,20,41H,4-7,10-13,36H2,1H3/t14-,29?/m0/s1. The fraction of sp³-hybridized carbons (Fsp3) is 0.414. The SMILES string of the molecule is CC1(O)COCCN(c2nc(OC[C@@H]3CCN3CC(F)F)nc3c(F)c(-c4ccc(F)c5sc(N)c(C#N)c45)c(Cl)cc23)C1. The average Bonchev–Trinajstić information content (AvgIpc) is 3.19. The first kappa shape index (κ1) is 30.5. The molecule has 0 bridgehead atoms. The van der Waals surface area contributed by atoms with Crippen LogP contribution in [0.2, 0.25) is 5.02 Å². The number of nitrogens with zero attached hydrogens (tertiary/aromatic N) is 5. The highest BCUT2D eigenvalue weighted by Crippen LogP contribution is 2.45. The Morgan fingerprint density at radius 1 is 1.32 bits per heavy atom. The smallest absolute Gasteiger partial charge is 0.319 e. The molecule has 9 nitrogen and oxygen atoms in total. The number of aliphatic hydroxyl groups is 1. The van der Waals surface area contributed by atoms with Gasteiger partial charge >= 0.3 is 6.01 Å². The fourth-order valence-electron chi connectivity index (χ4n) is 5.68. The minimum Gasteiger partial charge on any atom is -0.462 e. The first-order chi connectivity index (χ1) is 21.0. The second-order valence-corrected chi connectivity index (χ2v) is 12.6. The van der Waals surface area contributed by atoms with Crippen molar-refractivity contribution in [2.45, 2.75) is 31.4 Å². The number of benzene rings is 2. The monoisotopic (exact) mass is 650 g/mol. The van der Waals surface area contributed by atoms with E-state index in [1.165, 1.54) is 12.1 Å². The first-order valence-electron chi connectivity index (χ1n) is 13.8. The summed E-state index contributed by atoms with van der Waals surface area (Å²) in [5, 5.41) is 21.0. The predicted molar refractivity (Wildman–Crippen MR) is 160 cm³/mol. The summed E-state index contributed by atoms with van der Waals surface area (Å²) < 4.78 is 68.9. The van der Waals surface area contributed by atoms with E-state index in [0.717, 1.165) is 17.4 Å². The molecule has 0 aliphatic carbocycles. The van der Waals surface area contributed by atoms with Crippen molar-refractivity contribution in [1.82, 2.24) is 14.9 Å². The van der Waals surface area contributed by atoms with Crippen molar-refractivity contribution < 1.29 is 32.1 Å². The van der Waals surface area contributed by atoms with Crippen LogP contribution >= 0.6 is 22.9 Å². The second kappa shape index (κ2) is 11.8. The minimum atomic E-state index is -2.49. The lowest BCUT2D eigenvalue weighted by molar-refractivity contribution is -0.0123. The van der Waals surface area contributed by atoms with Crippen LogP contribution in [0, 0.1) is 23.0 Å². The molecule has 2 fully saturated rings. The largest absolute Gasteiger partial charge is 0.462 e. The van der Waals surface area contributed by atoms with Crippen LogP contribution in [0.1, 0.15) is 18.9 Å². The number of hydrogen-bond acceptors (Lipinski definition) is 10. The quantitative estimate of drug-likeness (QED) is 0.260. The number of nitrogens with two attached hydrogens (primary N) is 1. The van der Waals surface area contributed by atoms with Crippen LogP contribution in [-0.4, -0.2) is 84.0 Å². The van der Waals surface area contributed by atoms with Crippen molar-refractivity contribution in [1.29, 1.82) is 5.26 Å². The summed E-state index contributed by atoms with van der Waals surface area (Å²) in [7, 11) is 0. The van der Waals surface area contributed by atoms with E-state index in [0.29, 0.717) is 19.5 Å². The molecule has 232 valence electrons. The third-order valence-corrected chi connectivity index (χ3v) is 9.16. The van der Waals surface area contributed by atoms with Gasteiger partial charge in [-0.2, -0.15) is 15.2 Å². The lowest BCUT2D eigenvalue weighted by Gasteiger charge is -2.40. The average molecular weight is 651 g/mol. The van der Waals surface area contributed by atoms with Gasteiger partial charge in [-0.05, 0) is 31.0 Å². The molecule has 4 aromatic rings. The van der Waals surface area contributed by atoms with Crippen molar-refractivity contribution in [3.8, 4) is 23.2 Å². The zero-order valence-corrected chi connectivity index (χ0v) is 25.0. The Morgan fingerprint density at radius 3 is 2.82 bits per heavy atom. The van der Waals surface area contributed by atoms with Crippen LogP contribution < -0.4 is 15.4 Å². The van der Waals surface area contributed by atoms with Gasteiger partial charge in [0, 0.05) is 35.5 Å². The van der Waals surface area contributed by atoms with E-state index in [1.54, 1.807) is 16.7 Å². The molecule has 0 radical (unpaired) electrons. The van der Waals surface area contributed by atoms with Gasteiger partial charge in [-0.3, -0.25) is 4.90 Å². The van der Waals surface area contributed by atoms with Gasteiger partial charge in [0.15, 0.2) is 5.82 Å². The third-order valence-electron chi connectivity index (χ3n) is 7.83. The number of ether oxygens (including phenoxy) is 2. The highest BCUT2D eigenvalue weighted by molar-refractivity contribution is 7.23. The van der Waals surface area contributed by atoms with E-state index >= 15 is 4.39 Å². The number of fused-ring (bicyclic) bond motifs is 2. The van der Waals surface area contributed by atoms with Crippen molar-refractivity contribution in [3.63, 3.8) is 0 Å². The highest BCUT2D eigenvalue weighted by Gasteiger charge is 2.33. The molecule has 1 unspecified atom stereocenters. The molecular weight excluding hydrogens is 624 g/mol. The van der Waals surface area contributed by atoms with E-state index in [1.807, 2.05) is 6.07 Å². The van der Waals surface area contributed by atoms with Gasteiger partial charge in [0.2, 0.25) is 0 Å². The topological polar surface area (TPSA) is 121 Å². The van der Waals surface area contributed by atoms with E-state index in [9.17, 15) is 23.5 Å². The summed E-state index contributed by atoms with van der Waals surface area (Å²) in [5.41, 5.74) is 4.60. The summed E-state index contributed by atoms with van der Waals surface area (Å²) in [4.78, 5) is 12.2. The maximum Gasteiger partial charge on any atom is 0.319 e. The zero-order chi connectivity index (χ0) is 31.3. The van der Waals surface area contributed by atoms with Crippen LogP contribution in [0.3, 0.4) is 0 Å². The number of alkyl halides is 2. The summed E-state index contributed by atoms with van der Waals surface area (Å²) in [6.45, 7) is 2.42. The summed E-state index contributed by atoms with van der Waals surface area (Å²) >= 11 is 7.60. The lowest BCUT2D eigenvalue weighted by Crippen LogP contribution is -2.52. The van der Waals surface area contributed by atoms with E-state index < -0.39 is 23.7 Å². The van der Waals surface area contributed by atoms with Crippen LogP contribution in [0.4, 0.5) is 28.4 Å². The molecular formula is C29H27ClF4N6O3S. The van der Waals surface area contributed by atoms with Crippen molar-refractivity contribution >= 4 is 54.7 Å². The Labute approximate surface area is 258 Å². The van der Waals surface area contributed by atoms with Gasteiger partial charge in [-0.25, -0.2) is 17.6 Å². The second-order valence-electron chi connectivity index (χ2n) is 11.1. The number of aromatic nitrogens is 2. The highest BCUT2D eigenvalue weighted by atomic mass is 35.5. The maximum atomic E-state index is 16.7. The van der Waals surface area contributed by atoms with Crippen molar-refractivity contribution in [2.75, 3.05) is 56.6 Å². The van der Waals surface area contributed by atoms with Gasteiger partial charge in [0.25, 0.3) is 6.43 Å². The van der Waals surface area contributed by atoms with Gasteiger partial charge in [0.05, 0.1) is 41.6 Å². The van der Waals surface area contributed by atoms with Crippen LogP contribution in [0.5, 0.6) is 6.01 Å². The van der Waals surface area contributed by atoms with Crippen molar-refractivity contribution in [3.05, 3.63) is 40.4 Å². The van der Waals surface area contributed by atoms with E-state index in [2.05, 4.69) is 9.97 Å². The molecule has 2 aromatic carbocycles. The Bertz CT molecular complexity index is 1800. The first-order valence-corrected chi connectivity index (χ1v) is 15.0. The third kappa shape index (κ3) is 5.59. The van der Waals surface area contributed by atoms with Gasteiger partial charge < -0.3 is 25.2 Å². The van der Waals surface area contributed by atoms with Crippen molar-refractivity contribution in [2.24, 2.45) is 0 Å².